The molecule has 1 aromatic rings. The molecule has 0 aliphatic carbocycles. The van der Waals surface area contributed by atoms with Gasteiger partial charge in [0.1, 0.15) is 0 Å². The Morgan fingerprint density at radius 1 is 1.05 bits per heavy atom. The maximum Gasteiger partial charge on any atom is 0.161 e. The van der Waals surface area contributed by atoms with Crippen LogP contribution >= 0.6 is 0 Å². The lowest BCUT2D eigenvalue weighted by atomic mass is 10.1. The summed E-state index contributed by atoms with van der Waals surface area (Å²) in [5, 5.41) is 3.49. The van der Waals surface area contributed by atoms with E-state index >= 15 is 0 Å². The third kappa shape index (κ3) is 5.41. The molecule has 0 bridgehead atoms. The van der Waals surface area contributed by atoms with Crippen LogP contribution in [0.5, 0.6) is 11.5 Å². The minimum Gasteiger partial charge on any atom is -0.490 e. The van der Waals surface area contributed by atoms with Gasteiger partial charge >= 0.3 is 0 Å². The summed E-state index contributed by atoms with van der Waals surface area (Å²) in [6.45, 7) is 12.1. The molecule has 0 heterocycles. The lowest BCUT2D eigenvalue weighted by Crippen LogP contribution is -2.24. The van der Waals surface area contributed by atoms with Crippen molar-refractivity contribution in [3.8, 4) is 11.5 Å². The van der Waals surface area contributed by atoms with E-state index in [0.717, 1.165) is 30.9 Å². The van der Waals surface area contributed by atoms with E-state index < -0.39 is 0 Å². The molecule has 0 aliphatic rings. The Hall–Kier alpha value is -1.22. The first-order chi connectivity index (χ1) is 9.60. The second-order valence-electron chi connectivity index (χ2n) is 5.24. The maximum atomic E-state index is 5.90. The summed E-state index contributed by atoms with van der Waals surface area (Å²) in [6.07, 6.45) is 2.33. The molecule has 20 heavy (non-hydrogen) atoms. The smallest absolute Gasteiger partial charge is 0.161 e. The fraction of sp³-hybridized carbons (Fsp3) is 0.647. The van der Waals surface area contributed by atoms with Crippen LogP contribution in [0.1, 0.15) is 53.0 Å². The zero-order chi connectivity index (χ0) is 15.0. The number of nitrogens with one attached hydrogen (secondary N) is 1. The van der Waals surface area contributed by atoms with Crippen molar-refractivity contribution in [3.63, 3.8) is 0 Å². The molecule has 0 fully saturated rings. The van der Waals surface area contributed by atoms with Gasteiger partial charge in [0.25, 0.3) is 0 Å². The van der Waals surface area contributed by atoms with Gasteiger partial charge in [-0.15, -0.1) is 0 Å². The Balaban J connectivity index is 2.77. The minimum atomic E-state index is 0.207. The number of ether oxygens (including phenoxy) is 2. The predicted molar refractivity (Wildman–Crippen MR) is 84.6 cm³/mol. The molecule has 0 spiro atoms. The van der Waals surface area contributed by atoms with Crippen LogP contribution in [0.2, 0.25) is 0 Å². The molecule has 1 rings (SSSR count). The normalized spacial score (nSPS) is 13.8. The molecule has 114 valence electrons. The van der Waals surface area contributed by atoms with Gasteiger partial charge in [-0.25, -0.2) is 0 Å². The molecule has 0 amide bonds. The van der Waals surface area contributed by atoms with E-state index in [1.165, 1.54) is 5.56 Å². The van der Waals surface area contributed by atoms with Crippen molar-refractivity contribution in [2.24, 2.45) is 0 Å². The van der Waals surface area contributed by atoms with Crippen molar-refractivity contribution in [1.29, 1.82) is 0 Å². The highest BCUT2D eigenvalue weighted by Crippen LogP contribution is 2.29. The molecule has 3 nitrogen and oxygen atoms in total. The number of hydrogen-bond donors (Lipinski definition) is 1. The van der Waals surface area contributed by atoms with Crippen LogP contribution in [-0.4, -0.2) is 18.8 Å². The molecular formula is C17H29NO2. The molecule has 2 unspecified atom stereocenters. The Labute approximate surface area is 123 Å². The van der Waals surface area contributed by atoms with Crippen molar-refractivity contribution in [3.05, 3.63) is 23.8 Å². The van der Waals surface area contributed by atoms with Crippen LogP contribution in [0.25, 0.3) is 0 Å². The van der Waals surface area contributed by atoms with E-state index in [-0.39, 0.29) is 6.10 Å². The Bertz CT molecular complexity index is 393. The summed E-state index contributed by atoms with van der Waals surface area (Å²) in [7, 11) is 0. The molecule has 1 aromatic carbocycles. The molecule has 0 saturated carbocycles. The fourth-order valence-electron chi connectivity index (χ4n) is 1.76. The van der Waals surface area contributed by atoms with Crippen molar-refractivity contribution in [2.45, 2.75) is 66.2 Å². The summed E-state index contributed by atoms with van der Waals surface area (Å²) >= 11 is 0. The van der Waals surface area contributed by atoms with E-state index in [2.05, 4.69) is 45.1 Å². The predicted octanol–water partition coefficient (Wildman–Crippen LogP) is 4.15. The van der Waals surface area contributed by atoms with E-state index in [1.807, 2.05) is 13.0 Å². The maximum absolute atomic E-state index is 5.90. The first-order valence-electron chi connectivity index (χ1n) is 7.76. The highest BCUT2D eigenvalue weighted by atomic mass is 16.5. The van der Waals surface area contributed by atoms with Crippen molar-refractivity contribution >= 4 is 0 Å². The van der Waals surface area contributed by atoms with Gasteiger partial charge in [-0.05, 0) is 51.3 Å². The van der Waals surface area contributed by atoms with Crippen LogP contribution in [0, 0.1) is 0 Å². The van der Waals surface area contributed by atoms with Crippen LogP contribution in [-0.2, 0) is 6.54 Å². The van der Waals surface area contributed by atoms with E-state index in [0.29, 0.717) is 12.6 Å². The average Bonchev–Trinajstić information content (AvgIpc) is 2.47. The molecule has 3 heteroatoms. The zero-order valence-electron chi connectivity index (χ0n) is 13.5. The van der Waals surface area contributed by atoms with Crippen LogP contribution < -0.4 is 14.8 Å². The standard InChI is InChI=1S/C17H29NO2/c1-6-13(4)18-12-15-9-10-16(20-14(5)7-2)17(11-15)19-8-3/h9-11,13-14,18H,6-8,12H2,1-5H3. The minimum absolute atomic E-state index is 0.207. The fourth-order valence-corrected chi connectivity index (χ4v) is 1.76. The van der Waals surface area contributed by atoms with Crippen LogP contribution in [0.4, 0.5) is 0 Å². The number of rotatable bonds is 9. The highest BCUT2D eigenvalue weighted by Gasteiger charge is 2.10. The summed E-state index contributed by atoms with van der Waals surface area (Å²) in [4.78, 5) is 0. The Morgan fingerprint density at radius 2 is 1.80 bits per heavy atom. The summed E-state index contributed by atoms with van der Waals surface area (Å²) in [6, 6.07) is 6.73. The third-order valence-corrected chi connectivity index (χ3v) is 3.48. The van der Waals surface area contributed by atoms with Crippen molar-refractivity contribution in [1.82, 2.24) is 5.32 Å². The van der Waals surface area contributed by atoms with Crippen molar-refractivity contribution in [2.75, 3.05) is 6.61 Å². The van der Waals surface area contributed by atoms with Crippen LogP contribution in [0.15, 0.2) is 18.2 Å². The SMILES string of the molecule is CCOc1cc(CNC(C)CC)ccc1OC(C)CC. The summed E-state index contributed by atoms with van der Waals surface area (Å²) in [5.74, 6) is 1.68. The van der Waals surface area contributed by atoms with E-state index in [4.69, 9.17) is 9.47 Å². The van der Waals surface area contributed by atoms with E-state index in [1.54, 1.807) is 0 Å². The molecular weight excluding hydrogens is 250 g/mol. The number of benzene rings is 1. The lowest BCUT2D eigenvalue weighted by molar-refractivity contribution is 0.203. The van der Waals surface area contributed by atoms with E-state index in [9.17, 15) is 0 Å². The van der Waals surface area contributed by atoms with Gasteiger partial charge < -0.3 is 14.8 Å². The largest absolute Gasteiger partial charge is 0.490 e. The summed E-state index contributed by atoms with van der Waals surface area (Å²) < 4.78 is 11.6. The van der Waals surface area contributed by atoms with Gasteiger partial charge in [-0.2, -0.15) is 0 Å². The first-order valence-corrected chi connectivity index (χ1v) is 7.76. The zero-order valence-corrected chi connectivity index (χ0v) is 13.5. The number of hydrogen-bond acceptors (Lipinski definition) is 3. The summed E-state index contributed by atoms with van der Waals surface area (Å²) in [5.41, 5.74) is 1.23. The quantitative estimate of drug-likeness (QED) is 0.736. The molecule has 0 aliphatic heterocycles. The van der Waals surface area contributed by atoms with Gasteiger partial charge in [0.2, 0.25) is 0 Å². The Morgan fingerprint density at radius 3 is 2.40 bits per heavy atom. The molecule has 0 aromatic heterocycles. The van der Waals surface area contributed by atoms with Gasteiger partial charge in [0.05, 0.1) is 12.7 Å². The second kappa shape index (κ2) is 8.85. The van der Waals surface area contributed by atoms with Gasteiger partial charge in [0.15, 0.2) is 11.5 Å². The molecule has 0 radical (unpaired) electrons. The first kappa shape index (κ1) is 16.8. The lowest BCUT2D eigenvalue weighted by Gasteiger charge is -2.18. The Kier molecular flexibility index (Phi) is 7.45. The van der Waals surface area contributed by atoms with Gasteiger partial charge in [0, 0.05) is 12.6 Å². The monoisotopic (exact) mass is 279 g/mol. The van der Waals surface area contributed by atoms with Crippen LogP contribution in [0.3, 0.4) is 0 Å². The van der Waals surface area contributed by atoms with Gasteiger partial charge in [-0.1, -0.05) is 19.9 Å². The topological polar surface area (TPSA) is 30.5 Å². The average molecular weight is 279 g/mol. The third-order valence-electron chi connectivity index (χ3n) is 3.48. The van der Waals surface area contributed by atoms with Crippen molar-refractivity contribution < 1.29 is 9.47 Å². The molecule has 0 saturated heterocycles. The molecule has 2 atom stereocenters. The van der Waals surface area contributed by atoms with Gasteiger partial charge in [-0.3, -0.25) is 0 Å². The molecule has 1 N–H and O–H groups in total. The highest BCUT2D eigenvalue weighted by molar-refractivity contribution is 5.43. The second-order valence-corrected chi connectivity index (χ2v) is 5.24.